The molecule has 3 amide bonds. The number of benzene rings is 1. The number of carbonyl (C=O) groups is 3. The summed E-state index contributed by atoms with van der Waals surface area (Å²) in [6, 6.07) is 12.4. The third-order valence-corrected chi connectivity index (χ3v) is 9.50. The average Bonchev–Trinajstić information content (AvgIpc) is 3.71. The topological polar surface area (TPSA) is 127 Å². The predicted octanol–water partition coefficient (Wildman–Crippen LogP) is 3.69. The first kappa shape index (κ1) is 31.8. The van der Waals surface area contributed by atoms with E-state index in [-0.39, 0.29) is 37.0 Å². The number of nitrogens with zero attached hydrogens (tertiary/aromatic N) is 4. The quantitative estimate of drug-likeness (QED) is 0.326. The van der Waals surface area contributed by atoms with E-state index in [1.807, 2.05) is 59.7 Å². The summed E-state index contributed by atoms with van der Waals surface area (Å²) in [5.41, 5.74) is 1.03. The lowest BCUT2D eigenvalue weighted by Gasteiger charge is -2.42. The molecule has 0 spiro atoms. The molecule has 238 valence electrons. The number of rotatable bonds is 11. The van der Waals surface area contributed by atoms with Gasteiger partial charge in [-0.1, -0.05) is 42.8 Å². The molecule has 2 saturated heterocycles. The highest BCUT2D eigenvalue weighted by molar-refractivity contribution is 7.09. The van der Waals surface area contributed by atoms with E-state index in [4.69, 9.17) is 9.73 Å². The molecule has 12 heteroatoms. The summed E-state index contributed by atoms with van der Waals surface area (Å²) in [7, 11) is 0. The first-order valence-electron chi connectivity index (χ1n) is 15.8. The second kappa shape index (κ2) is 15.4. The van der Waals surface area contributed by atoms with E-state index in [1.165, 1.54) is 19.3 Å². The zero-order valence-electron chi connectivity index (χ0n) is 25.4. The van der Waals surface area contributed by atoms with Gasteiger partial charge < -0.3 is 35.2 Å². The van der Waals surface area contributed by atoms with Crippen LogP contribution in [0.3, 0.4) is 0 Å². The van der Waals surface area contributed by atoms with Crippen LogP contribution in [-0.4, -0.2) is 101 Å². The van der Waals surface area contributed by atoms with Gasteiger partial charge in [-0.2, -0.15) is 0 Å². The predicted molar refractivity (Wildman–Crippen MR) is 169 cm³/mol. The molecule has 1 aromatic heterocycles. The summed E-state index contributed by atoms with van der Waals surface area (Å²) in [6.07, 6.45) is 4.22. The first-order chi connectivity index (χ1) is 21.4. The zero-order chi connectivity index (χ0) is 30.9. The Balaban J connectivity index is 1.26. The molecule has 0 aliphatic carbocycles. The van der Waals surface area contributed by atoms with Gasteiger partial charge in [-0.05, 0) is 75.7 Å². The van der Waals surface area contributed by atoms with Crippen molar-refractivity contribution in [2.75, 3.05) is 39.3 Å². The van der Waals surface area contributed by atoms with E-state index in [2.05, 4.69) is 15.5 Å². The van der Waals surface area contributed by atoms with Crippen LogP contribution in [0, 0.1) is 0 Å². The molecule has 5 rings (SSSR count). The van der Waals surface area contributed by atoms with Crippen molar-refractivity contribution >= 4 is 35.3 Å². The number of hydrogen-bond donors (Lipinski definition) is 3. The van der Waals surface area contributed by atoms with Crippen molar-refractivity contribution in [3.63, 3.8) is 0 Å². The minimum Gasteiger partial charge on any atom is -0.465 e. The molecule has 3 aliphatic heterocycles. The molecule has 2 aromatic rings. The van der Waals surface area contributed by atoms with Crippen molar-refractivity contribution in [1.82, 2.24) is 25.3 Å². The second-order valence-electron chi connectivity index (χ2n) is 11.8. The number of carbonyl (C=O) groups excluding carboxylic acids is 2. The van der Waals surface area contributed by atoms with Crippen LogP contribution in [0.15, 0.2) is 52.8 Å². The van der Waals surface area contributed by atoms with Crippen LogP contribution < -0.4 is 10.6 Å². The highest BCUT2D eigenvalue weighted by Gasteiger charge is 2.41. The number of unbranched alkanes of at least 4 members (excludes halogenated alkanes) is 1. The van der Waals surface area contributed by atoms with Crippen molar-refractivity contribution in [2.24, 2.45) is 4.99 Å². The largest absolute Gasteiger partial charge is 0.465 e. The van der Waals surface area contributed by atoms with Gasteiger partial charge in [0.25, 0.3) is 6.02 Å². The number of piperidine rings is 1. The Morgan fingerprint density at radius 3 is 2.57 bits per heavy atom. The number of aliphatic imine (C=N–C) groups is 1. The molecule has 3 N–H and O–H groups in total. The number of carboxylic acid groups (broad SMARTS) is 1. The Bertz CT molecular complexity index is 1270. The van der Waals surface area contributed by atoms with Gasteiger partial charge in [0, 0.05) is 18.0 Å². The number of likely N-dealkylation sites (tertiary alicyclic amines) is 1. The molecule has 1 aromatic carbocycles. The van der Waals surface area contributed by atoms with E-state index >= 15 is 0 Å². The maximum atomic E-state index is 13.9. The first-order valence-corrected chi connectivity index (χ1v) is 16.6. The standard InChI is InChI=1S/C32H44N6O5S/c1-23-28(24-11-4-2-5-12-24)43-31(34-23)37-18-19-38(27(22-37)29(39)33-21-25-13-10-20-44-25)30(40)26(35-32(41)42)14-6-9-17-36-15-7-3-8-16-36/h2,4-5,10-13,20,23,26-28,35H,3,6-9,14-19,21-22H2,1H3,(H,33,39)(H,41,42)/t23-,26?,27?,28+/m0/s1. The van der Waals surface area contributed by atoms with Crippen LogP contribution in [0.5, 0.6) is 0 Å². The molecule has 3 aliphatic rings. The van der Waals surface area contributed by atoms with Crippen LogP contribution in [0.4, 0.5) is 4.79 Å². The van der Waals surface area contributed by atoms with E-state index < -0.39 is 18.2 Å². The Hall–Kier alpha value is -3.64. The highest BCUT2D eigenvalue weighted by Crippen LogP contribution is 2.30. The van der Waals surface area contributed by atoms with Crippen LogP contribution in [0.25, 0.3) is 0 Å². The Kier molecular flexibility index (Phi) is 11.1. The molecular formula is C32H44N6O5S. The summed E-state index contributed by atoms with van der Waals surface area (Å²) < 4.78 is 6.31. The van der Waals surface area contributed by atoms with Gasteiger partial charge in [0.05, 0.1) is 19.1 Å². The van der Waals surface area contributed by atoms with Gasteiger partial charge in [0.1, 0.15) is 18.2 Å². The van der Waals surface area contributed by atoms with Gasteiger partial charge >= 0.3 is 6.09 Å². The summed E-state index contributed by atoms with van der Waals surface area (Å²) in [5.74, 6) is -0.659. The third-order valence-electron chi connectivity index (χ3n) is 8.63. The zero-order valence-corrected chi connectivity index (χ0v) is 26.2. The normalized spacial score (nSPS) is 23.0. The van der Waals surface area contributed by atoms with Crippen molar-refractivity contribution < 1.29 is 24.2 Å². The Labute approximate surface area is 263 Å². The molecule has 0 bridgehead atoms. The van der Waals surface area contributed by atoms with Crippen molar-refractivity contribution in [2.45, 2.75) is 76.2 Å². The fourth-order valence-electron chi connectivity index (χ4n) is 6.25. The molecular weight excluding hydrogens is 580 g/mol. The number of nitrogens with one attached hydrogen (secondary N) is 2. The van der Waals surface area contributed by atoms with E-state index in [0.717, 1.165) is 36.5 Å². The smallest absolute Gasteiger partial charge is 0.405 e. The lowest BCUT2D eigenvalue weighted by molar-refractivity contribution is -0.145. The maximum Gasteiger partial charge on any atom is 0.405 e. The van der Waals surface area contributed by atoms with E-state index in [1.54, 1.807) is 16.2 Å². The molecule has 4 heterocycles. The molecule has 4 atom stereocenters. The lowest BCUT2D eigenvalue weighted by Crippen LogP contribution is -2.64. The van der Waals surface area contributed by atoms with Crippen molar-refractivity contribution in [1.29, 1.82) is 0 Å². The minimum atomic E-state index is -1.24. The molecule has 0 radical (unpaired) electrons. The van der Waals surface area contributed by atoms with Gasteiger partial charge in [0.15, 0.2) is 0 Å². The number of hydrogen-bond acceptors (Lipinski definition) is 8. The average molecular weight is 625 g/mol. The number of amides is 3. The van der Waals surface area contributed by atoms with Crippen LogP contribution in [0.1, 0.15) is 62.0 Å². The summed E-state index contributed by atoms with van der Waals surface area (Å²) >= 11 is 1.55. The third kappa shape index (κ3) is 8.29. The van der Waals surface area contributed by atoms with Gasteiger partial charge in [0.2, 0.25) is 11.8 Å². The lowest BCUT2D eigenvalue weighted by atomic mass is 10.0. The van der Waals surface area contributed by atoms with Crippen LogP contribution in [-0.2, 0) is 20.9 Å². The van der Waals surface area contributed by atoms with E-state index in [0.29, 0.717) is 32.0 Å². The Morgan fingerprint density at radius 1 is 1.05 bits per heavy atom. The molecule has 0 saturated carbocycles. The second-order valence-corrected chi connectivity index (χ2v) is 12.8. The van der Waals surface area contributed by atoms with Crippen molar-refractivity contribution in [3.05, 3.63) is 58.3 Å². The van der Waals surface area contributed by atoms with Gasteiger partial charge in [-0.25, -0.2) is 9.79 Å². The molecule has 2 unspecified atom stereocenters. The van der Waals surface area contributed by atoms with Crippen LogP contribution >= 0.6 is 11.3 Å². The SMILES string of the molecule is C[C@@H]1N=C(N2CCN(C(=O)C(CCCCN3CCCCC3)NC(=O)O)C(C(=O)NCc3cccs3)C2)O[C@H]1c1ccccc1. The fourth-order valence-corrected chi connectivity index (χ4v) is 6.90. The summed E-state index contributed by atoms with van der Waals surface area (Å²) in [6.45, 7) is 6.37. The maximum absolute atomic E-state index is 13.9. The molecule has 11 nitrogen and oxygen atoms in total. The van der Waals surface area contributed by atoms with E-state index in [9.17, 15) is 19.5 Å². The van der Waals surface area contributed by atoms with Gasteiger partial charge in [-0.15, -0.1) is 11.3 Å². The number of amidine groups is 1. The summed E-state index contributed by atoms with van der Waals surface area (Å²) in [5, 5.41) is 17.0. The fraction of sp³-hybridized carbons (Fsp3) is 0.562. The molecule has 2 fully saturated rings. The Morgan fingerprint density at radius 2 is 1.84 bits per heavy atom. The summed E-state index contributed by atoms with van der Waals surface area (Å²) in [4.78, 5) is 51.0. The monoisotopic (exact) mass is 624 g/mol. The van der Waals surface area contributed by atoms with Crippen LogP contribution in [0.2, 0.25) is 0 Å². The number of ether oxygens (including phenoxy) is 1. The number of piperazine rings is 1. The minimum absolute atomic E-state index is 0.104. The highest BCUT2D eigenvalue weighted by atomic mass is 32.1. The van der Waals surface area contributed by atoms with Crippen molar-refractivity contribution in [3.8, 4) is 0 Å². The number of thiophene rings is 1. The molecule has 44 heavy (non-hydrogen) atoms. The van der Waals surface area contributed by atoms with Gasteiger partial charge in [-0.3, -0.25) is 9.59 Å².